The molecule has 0 amide bonds. The van der Waals surface area contributed by atoms with Gasteiger partial charge in [0.1, 0.15) is 17.6 Å². The first-order valence-corrected chi connectivity index (χ1v) is 9.59. The molecule has 0 radical (unpaired) electrons. The largest absolute Gasteiger partial charge is 0.372 e. The van der Waals surface area contributed by atoms with Crippen molar-refractivity contribution in [2.75, 3.05) is 37.8 Å². The molecular formula is C19H22FN9. The van der Waals surface area contributed by atoms with Crippen LogP contribution in [0.4, 0.5) is 16.2 Å². The van der Waals surface area contributed by atoms with Crippen LogP contribution in [0.3, 0.4) is 0 Å². The van der Waals surface area contributed by atoms with E-state index in [1.54, 1.807) is 16.9 Å². The SMILES string of the molecule is CNc1nc(N[C@H]2CCN(C)C[C@@H]2F)nc2[nH]cc(-c3ccc4nccn4n3)c12. The lowest BCUT2D eigenvalue weighted by Crippen LogP contribution is -2.46. The van der Waals surface area contributed by atoms with Crippen molar-refractivity contribution in [3.63, 3.8) is 0 Å². The molecule has 1 aliphatic heterocycles. The smallest absolute Gasteiger partial charge is 0.226 e. The summed E-state index contributed by atoms with van der Waals surface area (Å²) in [5, 5.41) is 11.8. The van der Waals surface area contributed by atoms with E-state index in [0.717, 1.165) is 28.8 Å². The molecule has 2 atom stereocenters. The summed E-state index contributed by atoms with van der Waals surface area (Å²) >= 11 is 0. The Morgan fingerprint density at radius 2 is 2.17 bits per heavy atom. The van der Waals surface area contributed by atoms with Gasteiger partial charge in [0.15, 0.2) is 5.65 Å². The summed E-state index contributed by atoms with van der Waals surface area (Å²) in [5.41, 5.74) is 3.11. The van der Waals surface area contributed by atoms with Crippen LogP contribution >= 0.6 is 0 Å². The average molecular weight is 395 g/mol. The lowest BCUT2D eigenvalue weighted by molar-refractivity contribution is 0.149. The molecule has 0 spiro atoms. The van der Waals surface area contributed by atoms with E-state index in [4.69, 9.17) is 0 Å². The van der Waals surface area contributed by atoms with E-state index >= 15 is 0 Å². The van der Waals surface area contributed by atoms with E-state index in [-0.39, 0.29) is 6.04 Å². The number of anilines is 2. The molecule has 29 heavy (non-hydrogen) atoms. The summed E-state index contributed by atoms with van der Waals surface area (Å²) in [6.07, 6.45) is 5.13. The van der Waals surface area contributed by atoms with Crippen LogP contribution in [-0.2, 0) is 0 Å². The molecule has 0 aliphatic carbocycles. The van der Waals surface area contributed by atoms with Gasteiger partial charge < -0.3 is 20.5 Å². The molecule has 150 valence electrons. The van der Waals surface area contributed by atoms with Crippen molar-refractivity contribution >= 4 is 28.4 Å². The zero-order valence-corrected chi connectivity index (χ0v) is 16.2. The fraction of sp³-hybridized carbons (Fsp3) is 0.368. The molecule has 1 fully saturated rings. The standard InChI is InChI=1S/C19H22FN9/c1-21-17-16-11(13-3-4-15-22-6-8-29(15)27-13)9-23-18(16)26-19(25-17)24-14-5-7-28(2)10-12(14)20/h3-4,6,8-9,12,14H,5,7,10H2,1-2H3,(H3,21,23,24,25,26)/t12-,14-/m0/s1. The van der Waals surface area contributed by atoms with Crippen molar-refractivity contribution in [3.8, 4) is 11.3 Å². The highest BCUT2D eigenvalue weighted by molar-refractivity contribution is 6.00. The maximum Gasteiger partial charge on any atom is 0.226 e. The maximum atomic E-state index is 14.4. The fourth-order valence-corrected chi connectivity index (χ4v) is 3.82. The second-order valence-electron chi connectivity index (χ2n) is 7.34. The number of imidazole rings is 1. The van der Waals surface area contributed by atoms with Gasteiger partial charge in [-0.25, -0.2) is 13.9 Å². The monoisotopic (exact) mass is 395 g/mol. The average Bonchev–Trinajstić information content (AvgIpc) is 3.35. The van der Waals surface area contributed by atoms with Gasteiger partial charge in [0.25, 0.3) is 0 Å². The summed E-state index contributed by atoms with van der Waals surface area (Å²) in [7, 11) is 3.74. The maximum absolute atomic E-state index is 14.4. The Morgan fingerprint density at radius 1 is 1.28 bits per heavy atom. The second kappa shape index (κ2) is 6.96. The summed E-state index contributed by atoms with van der Waals surface area (Å²) in [6.45, 7) is 1.25. The van der Waals surface area contributed by atoms with Crippen LogP contribution in [0.15, 0.2) is 30.7 Å². The third kappa shape index (κ3) is 3.15. The highest BCUT2D eigenvalue weighted by Crippen LogP contribution is 2.32. The van der Waals surface area contributed by atoms with Crippen LogP contribution in [-0.4, -0.2) is 73.8 Å². The van der Waals surface area contributed by atoms with Crippen LogP contribution in [0, 0.1) is 0 Å². The van der Waals surface area contributed by atoms with E-state index < -0.39 is 6.17 Å². The molecule has 0 unspecified atom stereocenters. The number of alkyl halides is 1. The number of halogens is 1. The van der Waals surface area contributed by atoms with Gasteiger partial charge in [-0.3, -0.25) is 0 Å². The molecule has 5 heterocycles. The molecular weight excluding hydrogens is 373 g/mol. The number of likely N-dealkylation sites (tertiary alicyclic amines) is 1. The Morgan fingerprint density at radius 3 is 3.00 bits per heavy atom. The molecule has 4 aromatic heterocycles. The molecule has 9 nitrogen and oxygen atoms in total. The molecule has 3 N–H and O–H groups in total. The van der Waals surface area contributed by atoms with Crippen LogP contribution in [0.1, 0.15) is 6.42 Å². The Balaban J connectivity index is 1.52. The Kier molecular flexibility index (Phi) is 4.27. The van der Waals surface area contributed by atoms with Crippen LogP contribution < -0.4 is 10.6 Å². The normalized spacial score (nSPS) is 20.4. The quantitative estimate of drug-likeness (QED) is 0.487. The predicted octanol–water partition coefficient (Wildman–Crippen LogP) is 2.16. The highest BCUT2D eigenvalue weighted by atomic mass is 19.1. The molecule has 10 heteroatoms. The number of aromatic nitrogens is 6. The number of hydrogen-bond acceptors (Lipinski definition) is 7. The first-order chi connectivity index (χ1) is 14.1. The van der Waals surface area contributed by atoms with E-state index in [9.17, 15) is 4.39 Å². The van der Waals surface area contributed by atoms with Crippen LogP contribution in [0.2, 0.25) is 0 Å². The number of fused-ring (bicyclic) bond motifs is 2. The van der Waals surface area contributed by atoms with E-state index in [1.165, 1.54) is 0 Å². The first-order valence-electron chi connectivity index (χ1n) is 9.59. The van der Waals surface area contributed by atoms with Crippen molar-refractivity contribution in [1.29, 1.82) is 0 Å². The van der Waals surface area contributed by atoms with E-state index in [0.29, 0.717) is 30.4 Å². The zero-order valence-electron chi connectivity index (χ0n) is 16.2. The Labute approximate surface area is 166 Å². The third-order valence-corrected chi connectivity index (χ3v) is 5.36. The molecule has 0 aromatic carbocycles. The zero-order chi connectivity index (χ0) is 20.0. The third-order valence-electron chi connectivity index (χ3n) is 5.36. The number of hydrogen-bond donors (Lipinski definition) is 3. The van der Waals surface area contributed by atoms with Gasteiger partial charge in [0.05, 0.1) is 17.1 Å². The summed E-state index contributed by atoms with van der Waals surface area (Å²) in [6, 6.07) is 3.54. The predicted molar refractivity (Wildman–Crippen MR) is 110 cm³/mol. The summed E-state index contributed by atoms with van der Waals surface area (Å²) in [5.74, 6) is 1.06. The van der Waals surface area contributed by atoms with Crippen LogP contribution in [0.5, 0.6) is 0 Å². The number of piperidine rings is 1. The van der Waals surface area contributed by atoms with Gasteiger partial charge >= 0.3 is 0 Å². The number of nitrogens with zero attached hydrogens (tertiary/aromatic N) is 6. The first kappa shape index (κ1) is 17.8. The molecule has 0 bridgehead atoms. The summed E-state index contributed by atoms with van der Waals surface area (Å²) in [4.78, 5) is 18.6. The van der Waals surface area contributed by atoms with E-state index in [1.807, 2.05) is 37.3 Å². The molecule has 5 rings (SSSR count). The fourth-order valence-electron chi connectivity index (χ4n) is 3.82. The van der Waals surface area contributed by atoms with Crippen molar-refractivity contribution < 1.29 is 4.39 Å². The summed E-state index contributed by atoms with van der Waals surface area (Å²) < 4.78 is 16.1. The second-order valence-corrected chi connectivity index (χ2v) is 7.34. The van der Waals surface area contributed by atoms with Gasteiger partial charge in [-0.15, -0.1) is 0 Å². The lowest BCUT2D eigenvalue weighted by atomic mass is 10.0. The number of nitrogens with one attached hydrogen (secondary N) is 3. The topological polar surface area (TPSA) is 99.1 Å². The van der Waals surface area contributed by atoms with Gasteiger partial charge in [0, 0.05) is 44.3 Å². The Bertz CT molecular complexity index is 1170. The van der Waals surface area contributed by atoms with Gasteiger partial charge in [-0.05, 0) is 25.6 Å². The molecule has 1 aliphatic rings. The van der Waals surface area contributed by atoms with Crippen LogP contribution in [0.25, 0.3) is 27.9 Å². The van der Waals surface area contributed by atoms with Gasteiger partial charge in [-0.2, -0.15) is 15.1 Å². The van der Waals surface area contributed by atoms with Gasteiger partial charge in [0.2, 0.25) is 5.95 Å². The van der Waals surface area contributed by atoms with E-state index in [2.05, 4.69) is 35.7 Å². The van der Waals surface area contributed by atoms with Crippen molar-refractivity contribution in [3.05, 3.63) is 30.7 Å². The molecule has 1 saturated heterocycles. The highest BCUT2D eigenvalue weighted by Gasteiger charge is 2.28. The van der Waals surface area contributed by atoms with Gasteiger partial charge in [-0.1, -0.05) is 0 Å². The number of aromatic amines is 1. The number of rotatable bonds is 4. The van der Waals surface area contributed by atoms with Crippen molar-refractivity contribution in [2.45, 2.75) is 18.6 Å². The minimum absolute atomic E-state index is 0.298. The minimum atomic E-state index is -0.962. The van der Waals surface area contributed by atoms with Crippen molar-refractivity contribution in [2.24, 2.45) is 0 Å². The molecule has 4 aromatic rings. The number of H-pyrrole nitrogens is 1. The van der Waals surface area contributed by atoms with Crippen molar-refractivity contribution in [1.82, 2.24) is 34.4 Å². The minimum Gasteiger partial charge on any atom is -0.372 e. The Hall–Kier alpha value is -3.27. The lowest BCUT2D eigenvalue weighted by Gasteiger charge is -2.32. The molecule has 0 saturated carbocycles.